The van der Waals surface area contributed by atoms with Gasteiger partial charge in [0.2, 0.25) is 6.29 Å². The molecule has 0 amide bonds. The summed E-state index contributed by atoms with van der Waals surface area (Å²) < 4.78 is 4.72. The highest BCUT2D eigenvalue weighted by Crippen LogP contribution is 2.39. The molecule has 0 aliphatic carbocycles. The Morgan fingerprint density at radius 3 is 1.71 bits per heavy atom. The lowest BCUT2D eigenvalue weighted by Gasteiger charge is -2.24. The number of fused-ring (bicyclic) bond motifs is 6. The zero-order valence-electron chi connectivity index (χ0n) is 30.5. The van der Waals surface area contributed by atoms with Gasteiger partial charge in [0.25, 0.3) is 0 Å². The normalized spacial score (nSPS) is 14.1. The van der Waals surface area contributed by atoms with Gasteiger partial charge < -0.3 is 14.5 Å². The van der Waals surface area contributed by atoms with Crippen molar-refractivity contribution in [1.29, 1.82) is 0 Å². The molecule has 0 spiro atoms. The molecule has 264 valence electrons. The second-order valence-electron chi connectivity index (χ2n) is 14.5. The van der Waals surface area contributed by atoms with E-state index in [1.54, 1.807) is 0 Å². The van der Waals surface area contributed by atoms with Crippen molar-refractivity contribution in [3.05, 3.63) is 206 Å². The van der Waals surface area contributed by atoms with E-state index in [2.05, 4.69) is 215 Å². The highest BCUT2D eigenvalue weighted by Gasteiger charge is 2.21. The molecule has 3 heterocycles. The number of aromatic nitrogens is 2. The van der Waals surface area contributed by atoms with E-state index in [0.717, 1.165) is 28.0 Å². The van der Waals surface area contributed by atoms with Gasteiger partial charge in [-0.25, -0.2) is 4.99 Å². The first kappa shape index (κ1) is 32.0. The van der Waals surface area contributed by atoms with Gasteiger partial charge in [0.05, 0.1) is 22.1 Å². The monoisotopic (exact) mass is 716 g/mol. The van der Waals surface area contributed by atoms with Crippen LogP contribution in [-0.2, 0) is 0 Å². The molecule has 1 unspecified atom stereocenters. The van der Waals surface area contributed by atoms with Crippen LogP contribution in [0.1, 0.15) is 11.9 Å². The van der Waals surface area contributed by atoms with Crippen LogP contribution in [0.3, 0.4) is 0 Å². The van der Waals surface area contributed by atoms with E-state index in [1.165, 1.54) is 66.0 Å². The molecule has 11 rings (SSSR count). The number of hydrogen-bond donors (Lipinski definition) is 1. The first-order valence-electron chi connectivity index (χ1n) is 19.1. The molecule has 0 saturated carbocycles. The Hall–Kier alpha value is -7.43. The molecule has 4 heteroatoms. The van der Waals surface area contributed by atoms with Crippen LogP contribution < -0.4 is 5.32 Å². The van der Waals surface area contributed by atoms with Crippen LogP contribution in [0.5, 0.6) is 0 Å². The standard InChI is InChI=1S/C52H36N4/c1-3-12-35(13-4-1)36-22-24-37(25-23-36)38-14-11-15-41(32-38)47-30-31-53-52(54-47)56-49-21-10-7-18-43(49)45-28-26-40(34-51(45)56)39-27-29-50-46(33-39)44-19-8-9-20-48(44)55(50)42-16-5-2-6-17-42/h1-34,52,54H. The van der Waals surface area contributed by atoms with Gasteiger partial charge in [0, 0.05) is 39.1 Å². The van der Waals surface area contributed by atoms with Crippen LogP contribution in [0.25, 0.3) is 88.4 Å². The molecule has 0 saturated heterocycles. The Labute approximate surface area is 324 Å². The topological polar surface area (TPSA) is 34.2 Å². The van der Waals surface area contributed by atoms with E-state index < -0.39 is 0 Å². The second-order valence-corrected chi connectivity index (χ2v) is 14.5. The Morgan fingerprint density at radius 2 is 0.911 bits per heavy atom. The van der Waals surface area contributed by atoms with Crippen LogP contribution in [-0.4, -0.2) is 15.3 Å². The molecule has 1 aliphatic rings. The first-order chi connectivity index (χ1) is 27.8. The van der Waals surface area contributed by atoms with Crippen LogP contribution in [0.4, 0.5) is 0 Å². The molecule has 1 N–H and O–H groups in total. The highest BCUT2D eigenvalue weighted by atomic mass is 15.3. The third-order valence-corrected chi connectivity index (χ3v) is 11.2. The smallest absolute Gasteiger partial charge is 0.200 e. The number of aliphatic imine (C=N–C) groups is 1. The fourth-order valence-electron chi connectivity index (χ4n) is 8.54. The summed E-state index contributed by atoms with van der Waals surface area (Å²) in [4.78, 5) is 5.02. The van der Waals surface area contributed by atoms with Crippen LogP contribution in [0, 0.1) is 0 Å². The molecular weight excluding hydrogens is 681 g/mol. The minimum absolute atomic E-state index is 0.326. The van der Waals surface area contributed by atoms with Crippen molar-refractivity contribution < 1.29 is 0 Å². The minimum atomic E-state index is -0.326. The van der Waals surface area contributed by atoms with Gasteiger partial charge in [0.15, 0.2) is 0 Å². The molecule has 0 radical (unpaired) electrons. The summed E-state index contributed by atoms with van der Waals surface area (Å²) in [6, 6.07) is 69.9. The Morgan fingerprint density at radius 1 is 0.375 bits per heavy atom. The Bertz CT molecular complexity index is 3150. The van der Waals surface area contributed by atoms with Crippen molar-refractivity contribution in [3.8, 4) is 39.1 Å². The summed E-state index contributed by atoms with van der Waals surface area (Å²) in [5.41, 5.74) is 15.2. The first-order valence-corrected chi connectivity index (χ1v) is 19.1. The average molecular weight is 717 g/mol. The summed E-state index contributed by atoms with van der Waals surface area (Å²) in [6.07, 6.45) is 3.69. The molecular formula is C52H36N4. The zero-order chi connectivity index (χ0) is 37.0. The number of para-hydroxylation sites is 3. The van der Waals surface area contributed by atoms with E-state index >= 15 is 0 Å². The fraction of sp³-hybridized carbons (Fsp3) is 0.0192. The summed E-state index contributed by atoms with van der Waals surface area (Å²) in [5.74, 6) is 0. The summed E-state index contributed by atoms with van der Waals surface area (Å²) in [7, 11) is 0. The summed E-state index contributed by atoms with van der Waals surface area (Å²) >= 11 is 0. The van der Waals surface area contributed by atoms with Gasteiger partial charge in [-0.2, -0.15) is 0 Å². The van der Waals surface area contributed by atoms with E-state index in [9.17, 15) is 0 Å². The van der Waals surface area contributed by atoms with Crippen molar-refractivity contribution in [3.63, 3.8) is 0 Å². The SMILES string of the molecule is C1=NC(n2c3ccccc3c3ccc(-c4ccc5c(c4)c4ccccc4n5-c4ccccc4)cc32)NC(c2cccc(-c3ccc(-c4ccccc4)cc3)c2)=C1. The van der Waals surface area contributed by atoms with Gasteiger partial charge in [-0.05, 0) is 93.6 Å². The van der Waals surface area contributed by atoms with Crippen LogP contribution >= 0.6 is 0 Å². The largest absolute Gasteiger partial charge is 0.346 e. The van der Waals surface area contributed by atoms with Gasteiger partial charge >= 0.3 is 0 Å². The van der Waals surface area contributed by atoms with E-state index in [4.69, 9.17) is 4.99 Å². The second kappa shape index (κ2) is 13.2. The molecule has 8 aromatic carbocycles. The lowest BCUT2D eigenvalue weighted by atomic mass is 9.98. The fourth-order valence-corrected chi connectivity index (χ4v) is 8.54. The average Bonchev–Trinajstić information content (AvgIpc) is 3.79. The number of benzene rings is 8. The highest BCUT2D eigenvalue weighted by molar-refractivity contribution is 6.12. The number of hydrogen-bond acceptors (Lipinski definition) is 2. The van der Waals surface area contributed by atoms with Crippen molar-refractivity contribution in [2.75, 3.05) is 0 Å². The van der Waals surface area contributed by atoms with Gasteiger partial charge in [-0.1, -0.05) is 146 Å². The molecule has 4 nitrogen and oxygen atoms in total. The minimum Gasteiger partial charge on any atom is -0.346 e. The maximum Gasteiger partial charge on any atom is 0.200 e. The van der Waals surface area contributed by atoms with Crippen LogP contribution in [0.15, 0.2) is 205 Å². The van der Waals surface area contributed by atoms with Crippen molar-refractivity contribution >= 4 is 55.5 Å². The molecule has 2 aromatic heterocycles. The third-order valence-electron chi connectivity index (χ3n) is 11.2. The zero-order valence-corrected chi connectivity index (χ0v) is 30.5. The van der Waals surface area contributed by atoms with Crippen molar-refractivity contribution in [2.24, 2.45) is 4.99 Å². The molecule has 0 bridgehead atoms. The third kappa shape index (κ3) is 5.34. The maximum atomic E-state index is 5.02. The number of nitrogens with zero attached hydrogens (tertiary/aromatic N) is 3. The van der Waals surface area contributed by atoms with E-state index in [-0.39, 0.29) is 6.29 Å². The predicted molar refractivity (Wildman–Crippen MR) is 235 cm³/mol. The van der Waals surface area contributed by atoms with Crippen molar-refractivity contribution in [2.45, 2.75) is 6.29 Å². The summed E-state index contributed by atoms with van der Waals surface area (Å²) in [6.45, 7) is 0. The Balaban J connectivity index is 0.964. The lowest BCUT2D eigenvalue weighted by Crippen LogP contribution is -2.26. The number of rotatable bonds is 6. The molecule has 1 atom stereocenters. The lowest BCUT2D eigenvalue weighted by molar-refractivity contribution is 0.510. The molecule has 10 aromatic rings. The molecule has 1 aliphatic heterocycles. The summed E-state index contributed by atoms with van der Waals surface area (Å²) in [5, 5.41) is 8.72. The number of allylic oxidation sites excluding steroid dienone is 1. The Kier molecular flexibility index (Phi) is 7.52. The van der Waals surface area contributed by atoms with E-state index in [1.807, 2.05) is 6.21 Å². The van der Waals surface area contributed by atoms with E-state index in [0.29, 0.717) is 0 Å². The molecule has 56 heavy (non-hydrogen) atoms. The van der Waals surface area contributed by atoms with Gasteiger partial charge in [-0.15, -0.1) is 0 Å². The molecule has 0 fully saturated rings. The van der Waals surface area contributed by atoms with Crippen molar-refractivity contribution in [1.82, 2.24) is 14.5 Å². The predicted octanol–water partition coefficient (Wildman–Crippen LogP) is 13.1. The quantitative estimate of drug-likeness (QED) is 0.183. The maximum absolute atomic E-state index is 5.02. The van der Waals surface area contributed by atoms with Crippen LogP contribution in [0.2, 0.25) is 0 Å². The van der Waals surface area contributed by atoms with Gasteiger partial charge in [-0.3, -0.25) is 0 Å². The number of nitrogens with one attached hydrogen (secondary N) is 1. The van der Waals surface area contributed by atoms with Gasteiger partial charge in [0.1, 0.15) is 0 Å².